The van der Waals surface area contributed by atoms with E-state index in [0.29, 0.717) is 20.3 Å². The Morgan fingerprint density at radius 3 is 2.67 bits per heavy atom. The minimum atomic E-state index is -0.213. The van der Waals surface area contributed by atoms with E-state index < -0.39 is 0 Å². The van der Waals surface area contributed by atoms with Crippen LogP contribution < -0.4 is 5.32 Å². The van der Waals surface area contributed by atoms with Gasteiger partial charge in [0.05, 0.1) is 4.91 Å². The number of carbonyl (C=O) groups excluding carboxylic acids is 2. The molecule has 1 saturated heterocycles. The van der Waals surface area contributed by atoms with E-state index in [1.54, 1.807) is 0 Å². The number of thioether (sulfide) groups is 1. The maximum atomic E-state index is 12.7. The molecule has 6 nitrogen and oxygen atoms in total. The number of carbonyl (C=O) groups is 2. The quantitative estimate of drug-likeness (QED) is 0.461. The number of hydrogen-bond donors (Lipinski definition) is 1. The first kappa shape index (κ1) is 22.6. The molecule has 2 aromatic rings. The van der Waals surface area contributed by atoms with E-state index in [9.17, 15) is 9.59 Å². The summed E-state index contributed by atoms with van der Waals surface area (Å²) in [7, 11) is 0. The van der Waals surface area contributed by atoms with Gasteiger partial charge >= 0.3 is 0 Å². The Bertz CT molecular complexity index is 967. The van der Waals surface area contributed by atoms with Crippen molar-refractivity contribution in [3.8, 4) is 0 Å². The highest BCUT2D eigenvalue weighted by Gasteiger charge is 2.32. The summed E-state index contributed by atoms with van der Waals surface area (Å²) in [4.78, 5) is 27.0. The van der Waals surface area contributed by atoms with E-state index >= 15 is 0 Å². The van der Waals surface area contributed by atoms with Crippen molar-refractivity contribution in [1.82, 2.24) is 15.1 Å². The summed E-state index contributed by atoms with van der Waals surface area (Å²) < 4.78 is 0.472. The third-order valence-electron chi connectivity index (χ3n) is 4.42. The fourth-order valence-corrected chi connectivity index (χ4v) is 5.10. The van der Waals surface area contributed by atoms with Gasteiger partial charge in [-0.2, -0.15) is 0 Å². The Morgan fingerprint density at radius 1 is 1.27 bits per heavy atom. The number of hydrogen-bond acceptors (Lipinski definition) is 7. The van der Waals surface area contributed by atoms with Crippen molar-refractivity contribution in [2.45, 2.75) is 40.0 Å². The second-order valence-corrected chi connectivity index (χ2v) is 10.1. The summed E-state index contributed by atoms with van der Waals surface area (Å²) in [6, 6.07) is 8.09. The van der Waals surface area contributed by atoms with Crippen LogP contribution in [0.5, 0.6) is 0 Å². The molecule has 1 fully saturated rings. The zero-order valence-corrected chi connectivity index (χ0v) is 19.6. The van der Waals surface area contributed by atoms with Crippen molar-refractivity contribution in [2.75, 3.05) is 11.9 Å². The number of aryl methyl sites for hydroxylation is 1. The van der Waals surface area contributed by atoms with Gasteiger partial charge in [0.15, 0.2) is 0 Å². The van der Waals surface area contributed by atoms with Crippen molar-refractivity contribution >= 4 is 62.7 Å². The fraction of sp³-hybridized carbons (Fsp3) is 0.381. The molecule has 1 N–H and O–H groups in total. The predicted octanol–water partition coefficient (Wildman–Crippen LogP) is 4.53. The Kier molecular flexibility index (Phi) is 7.74. The highest BCUT2D eigenvalue weighted by Crippen LogP contribution is 2.32. The van der Waals surface area contributed by atoms with Crippen LogP contribution in [0.25, 0.3) is 6.08 Å². The number of amides is 2. The van der Waals surface area contributed by atoms with Crippen molar-refractivity contribution in [1.29, 1.82) is 0 Å². The van der Waals surface area contributed by atoms with Crippen LogP contribution in [0.1, 0.15) is 43.3 Å². The molecule has 0 radical (unpaired) electrons. The molecule has 9 heteroatoms. The molecule has 0 unspecified atom stereocenters. The smallest absolute Gasteiger partial charge is 0.266 e. The van der Waals surface area contributed by atoms with E-state index in [4.69, 9.17) is 12.2 Å². The van der Waals surface area contributed by atoms with E-state index in [1.807, 2.05) is 18.2 Å². The van der Waals surface area contributed by atoms with Crippen molar-refractivity contribution in [3.63, 3.8) is 0 Å². The summed E-state index contributed by atoms with van der Waals surface area (Å²) in [5.74, 6) is 0.107. The maximum absolute atomic E-state index is 12.7. The molecule has 1 aliphatic heterocycles. The first-order valence-electron chi connectivity index (χ1n) is 9.82. The molecule has 0 aliphatic carbocycles. The largest absolute Gasteiger partial charge is 0.300 e. The summed E-state index contributed by atoms with van der Waals surface area (Å²) in [6.45, 7) is 6.55. The van der Waals surface area contributed by atoms with E-state index in [2.05, 4.69) is 48.4 Å². The normalized spacial score (nSPS) is 15.5. The lowest BCUT2D eigenvalue weighted by molar-refractivity contribution is -0.122. The zero-order valence-electron chi connectivity index (χ0n) is 17.2. The summed E-state index contributed by atoms with van der Waals surface area (Å²) in [5.41, 5.74) is 2.20. The molecule has 1 aliphatic rings. The number of rotatable bonds is 8. The van der Waals surface area contributed by atoms with Gasteiger partial charge in [-0.25, -0.2) is 0 Å². The van der Waals surface area contributed by atoms with Crippen LogP contribution in [0.4, 0.5) is 5.13 Å². The van der Waals surface area contributed by atoms with Crippen LogP contribution in [0.3, 0.4) is 0 Å². The molecule has 2 heterocycles. The number of nitrogens with one attached hydrogen (secondary N) is 1. The average molecular weight is 461 g/mol. The SMILES string of the molecule is CCc1ccc(C=C2SC(=S)N(CCC(=O)Nc3nnc(CC(C)C)s3)C2=O)cc1. The molecule has 1 aromatic heterocycles. The van der Waals surface area contributed by atoms with Crippen LogP contribution in [0.15, 0.2) is 29.2 Å². The molecule has 0 saturated carbocycles. The number of thiocarbonyl (C=S) groups is 1. The zero-order chi connectivity index (χ0) is 21.7. The topological polar surface area (TPSA) is 75.2 Å². The molecule has 0 bridgehead atoms. The number of anilines is 1. The van der Waals surface area contributed by atoms with E-state index in [1.165, 1.54) is 33.6 Å². The Balaban J connectivity index is 1.55. The molecule has 158 valence electrons. The Hall–Kier alpha value is -2.10. The number of aromatic nitrogens is 2. The minimum absolute atomic E-state index is 0.143. The van der Waals surface area contributed by atoms with Crippen LogP contribution in [-0.4, -0.2) is 37.8 Å². The lowest BCUT2D eigenvalue weighted by Crippen LogP contribution is -2.31. The van der Waals surface area contributed by atoms with Crippen molar-refractivity contribution in [3.05, 3.63) is 45.3 Å². The van der Waals surface area contributed by atoms with Gasteiger partial charge in [-0.05, 0) is 29.5 Å². The van der Waals surface area contributed by atoms with Crippen LogP contribution in [0.2, 0.25) is 0 Å². The highest BCUT2D eigenvalue weighted by molar-refractivity contribution is 8.26. The second kappa shape index (κ2) is 10.3. The molecule has 2 amide bonds. The van der Waals surface area contributed by atoms with Gasteiger partial charge in [-0.1, -0.05) is 80.4 Å². The second-order valence-electron chi connectivity index (χ2n) is 7.33. The molecule has 30 heavy (non-hydrogen) atoms. The Morgan fingerprint density at radius 2 is 2.00 bits per heavy atom. The Labute approximate surface area is 190 Å². The first-order valence-corrected chi connectivity index (χ1v) is 11.9. The van der Waals surface area contributed by atoms with E-state index in [-0.39, 0.29) is 24.8 Å². The minimum Gasteiger partial charge on any atom is -0.300 e. The van der Waals surface area contributed by atoms with Gasteiger partial charge in [0.1, 0.15) is 9.33 Å². The third kappa shape index (κ3) is 5.96. The predicted molar refractivity (Wildman–Crippen MR) is 127 cm³/mol. The van der Waals surface area contributed by atoms with Crippen molar-refractivity contribution in [2.24, 2.45) is 5.92 Å². The van der Waals surface area contributed by atoms with Gasteiger partial charge in [0, 0.05) is 19.4 Å². The summed E-state index contributed by atoms with van der Waals surface area (Å²) in [6.07, 6.45) is 3.79. The monoisotopic (exact) mass is 460 g/mol. The lowest BCUT2D eigenvalue weighted by Gasteiger charge is -2.13. The van der Waals surface area contributed by atoms with Gasteiger partial charge in [-0.3, -0.25) is 14.5 Å². The van der Waals surface area contributed by atoms with Gasteiger partial charge < -0.3 is 5.32 Å². The molecular formula is C21H24N4O2S3. The summed E-state index contributed by atoms with van der Waals surface area (Å²) >= 11 is 8.00. The van der Waals surface area contributed by atoms with Crippen LogP contribution in [0, 0.1) is 5.92 Å². The fourth-order valence-electron chi connectivity index (χ4n) is 2.82. The van der Waals surface area contributed by atoms with Gasteiger partial charge in [0.2, 0.25) is 11.0 Å². The molecule has 1 aromatic carbocycles. The standard InChI is InChI=1S/C21H24N4O2S3/c1-4-14-5-7-15(8-6-14)12-16-19(27)25(21(28)29-16)10-9-17(26)22-20-24-23-18(30-20)11-13(2)3/h5-8,12-13H,4,9-11H2,1-3H3,(H,22,24,26). The van der Waals surface area contributed by atoms with Crippen LogP contribution >= 0.6 is 35.3 Å². The van der Waals surface area contributed by atoms with Crippen molar-refractivity contribution < 1.29 is 9.59 Å². The number of benzene rings is 1. The van der Waals surface area contributed by atoms with Gasteiger partial charge in [-0.15, -0.1) is 10.2 Å². The molecule has 0 atom stereocenters. The lowest BCUT2D eigenvalue weighted by atomic mass is 10.1. The summed E-state index contributed by atoms with van der Waals surface area (Å²) in [5, 5.41) is 12.2. The molecule has 3 rings (SSSR count). The number of nitrogens with zero attached hydrogens (tertiary/aromatic N) is 3. The molecular weight excluding hydrogens is 436 g/mol. The van der Waals surface area contributed by atoms with E-state index in [0.717, 1.165) is 23.4 Å². The first-order chi connectivity index (χ1) is 14.4. The highest BCUT2D eigenvalue weighted by atomic mass is 32.2. The maximum Gasteiger partial charge on any atom is 0.266 e. The van der Waals surface area contributed by atoms with Crippen LogP contribution in [-0.2, 0) is 22.4 Å². The molecule has 0 spiro atoms. The van der Waals surface area contributed by atoms with Gasteiger partial charge in [0.25, 0.3) is 5.91 Å². The average Bonchev–Trinajstić information content (AvgIpc) is 3.24. The third-order valence-corrected chi connectivity index (χ3v) is 6.66.